The molecule has 0 amide bonds. The van der Waals surface area contributed by atoms with Gasteiger partial charge in [-0.3, -0.25) is 4.79 Å². The van der Waals surface area contributed by atoms with Crippen molar-refractivity contribution < 1.29 is 14.3 Å². The number of carbonyl (C=O) groups excluding carboxylic acids is 1. The number of carbonyl (C=O) groups is 1. The van der Waals surface area contributed by atoms with Gasteiger partial charge in [0.15, 0.2) is 0 Å². The average Bonchev–Trinajstić information content (AvgIpc) is 3.17. The molecule has 0 saturated carbocycles. The predicted octanol–water partition coefficient (Wildman–Crippen LogP) is 7.18. The van der Waals surface area contributed by atoms with Crippen molar-refractivity contribution in [3.8, 4) is 11.5 Å². The number of ether oxygens (including phenoxy) is 2. The topological polar surface area (TPSA) is 35.5 Å². The molecule has 0 bridgehead atoms. The predicted molar refractivity (Wildman–Crippen MR) is 122 cm³/mol. The van der Waals surface area contributed by atoms with Crippen LogP contribution in [0.25, 0.3) is 10.1 Å². The summed E-state index contributed by atoms with van der Waals surface area (Å²) in [6, 6.07) is 25.5. The van der Waals surface area contributed by atoms with Crippen LogP contribution in [-0.4, -0.2) is 5.97 Å². The summed E-state index contributed by atoms with van der Waals surface area (Å²) in [7, 11) is 0. The zero-order valence-corrected chi connectivity index (χ0v) is 17.9. The Morgan fingerprint density at radius 2 is 1.63 bits per heavy atom. The number of hydrogen-bond acceptors (Lipinski definition) is 4. The van der Waals surface area contributed by atoms with Gasteiger partial charge in [-0.1, -0.05) is 62.4 Å². The summed E-state index contributed by atoms with van der Waals surface area (Å²) in [5.74, 6) is 1.16. The lowest BCUT2D eigenvalue weighted by Gasteiger charge is -2.19. The van der Waals surface area contributed by atoms with Gasteiger partial charge in [0.25, 0.3) is 0 Å². The third-order valence-corrected chi connectivity index (χ3v) is 6.01. The number of hydrogen-bond donors (Lipinski definition) is 0. The Bertz CT molecular complexity index is 1130. The molecule has 3 aromatic carbocycles. The van der Waals surface area contributed by atoms with Gasteiger partial charge < -0.3 is 9.47 Å². The third kappa shape index (κ3) is 4.55. The maximum Gasteiger partial charge on any atom is 0.314 e. The van der Waals surface area contributed by atoms with Crippen LogP contribution >= 0.6 is 11.3 Å². The van der Waals surface area contributed by atoms with E-state index in [1.165, 1.54) is 4.70 Å². The lowest BCUT2D eigenvalue weighted by Crippen LogP contribution is -2.20. The maximum absolute atomic E-state index is 13.0. The van der Waals surface area contributed by atoms with E-state index in [1.807, 2.05) is 66.7 Å². The van der Waals surface area contributed by atoms with Crippen LogP contribution in [0.1, 0.15) is 30.9 Å². The number of esters is 1. The van der Waals surface area contributed by atoms with Crippen molar-refractivity contribution in [2.24, 2.45) is 5.92 Å². The Morgan fingerprint density at radius 3 is 2.43 bits per heavy atom. The molecule has 0 radical (unpaired) electrons. The molecule has 152 valence electrons. The smallest absolute Gasteiger partial charge is 0.314 e. The summed E-state index contributed by atoms with van der Waals surface area (Å²) < 4.78 is 12.8. The van der Waals surface area contributed by atoms with Crippen LogP contribution < -0.4 is 4.74 Å². The van der Waals surface area contributed by atoms with Crippen LogP contribution in [0, 0.1) is 5.92 Å². The van der Waals surface area contributed by atoms with E-state index in [2.05, 4.69) is 31.4 Å². The molecule has 4 rings (SSSR count). The van der Waals surface area contributed by atoms with Crippen molar-refractivity contribution >= 4 is 27.4 Å². The molecule has 0 aliphatic carbocycles. The van der Waals surface area contributed by atoms with Crippen LogP contribution in [0.3, 0.4) is 0 Å². The molecule has 0 spiro atoms. The zero-order chi connectivity index (χ0) is 20.9. The van der Waals surface area contributed by atoms with Gasteiger partial charge in [-0.25, -0.2) is 0 Å². The monoisotopic (exact) mass is 416 g/mol. The highest BCUT2D eigenvalue weighted by Gasteiger charge is 2.28. The number of para-hydroxylation sites is 1. The fourth-order valence-electron chi connectivity index (χ4n) is 3.57. The van der Waals surface area contributed by atoms with E-state index in [-0.39, 0.29) is 24.4 Å². The van der Waals surface area contributed by atoms with Gasteiger partial charge in [0, 0.05) is 4.70 Å². The Morgan fingerprint density at radius 1 is 0.900 bits per heavy atom. The van der Waals surface area contributed by atoms with Crippen molar-refractivity contribution in [3.05, 3.63) is 95.4 Å². The number of thiophene rings is 1. The van der Waals surface area contributed by atoms with Crippen LogP contribution in [0.2, 0.25) is 0 Å². The van der Waals surface area contributed by atoms with E-state index in [9.17, 15) is 4.79 Å². The Hall–Kier alpha value is -3.11. The van der Waals surface area contributed by atoms with Gasteiger partial charge in [-0.05, 0) is 58.1 Å². The lowest BCUT2D eigenvalue weighted by atomic mass is 9.88. The molecular weight excluding hydrogens is 392 g/mol. The minimum absolute atomic E-state index is 0.142. The van der Waals surface area contributed by atoms with Gasteiger partial charge >= 0.3 is 5.97 Å². The summed E-state index contributed by atoms with van der Waals surface area (Å²) in [6.45, 7) is 4.34. The standard InChI is InChI=1S/C26H24O3S/c1-18(2)25(23-17-30-24-14-7-6-13-22(23)24)26(27)28-16-19-9-8-12-21(15-19)29-20-10-4-3-5-11-20/h3-15,17-18,25H,16H2,1-2H3. The van der Waals surface area contributed by atoms with Crippen molar-refractivity contribution in [3.63, 3.8) is 0 Å². The minimum atomic E-state index is -0.287. The highest BCUT2D eigenvalue weighted by atomic mass is 32.1. The molecule has 4 heteroatoms. The van der Waals surface area contributed by atoms with Gasteiger partial charge in [0.05, 0.1) is 5.92 Å². The van der Waals surface area contributed by atoms with Crippen LogP contribution in [0.15, 0.2) is 84.2 Å². The SMILES string of the molecule is CC(C)C(C(=O)OCc1cccc(Oc2ccccc2)c1)c1csc2ccccc12. The molecule has 0 N–H and O–H groups in total. The quantitative estimate of drug-likeness (QED) is 0.299. The average molecular weight is 417 g/mol. The van der Waals surface area contributed by atoms with Crippen molar-refractivity contribution in [1.29, 1.82) is 0 Å². The van der Waals surface area contributed by atoms with E-state index in [0.29, 0.717) is 0 Å². The van der Waals surface area contributed by atoms with Gasteiger partial charge in [0.2, 0.25) is 0 Å². The Labute approximate surface area is 180 Å². The van der Waals surface area contributed by atoms with Crippen LogP contribution in [0.5, 0.6) is 11.5 Å². The Kier molecular flexibility index (Phi) is 6.15. The molecule has 1 unspecified atom stereocenters. The fourth-order valence-corrected chi connectivity index (χ4v) is 4.56. The van der Waals surface area contributed by atoms with Crippen LogP contribution in [-0.2, 0) is 16.1 Å². The van der Waals surface area contributed by atoms with Crippen molar-refractivity contribution in [2.75, 3.05) is 0 Å². The largest absolute Gasteiger partial charge is 0.460 e. The number of benzene rings is 3. The Balaban J connectivity index is 1.47. The van der Waals surface area contributed by atoms with Gasteiger partial charge in [-0.15, -0.1) is 11.3 Å². The second-order valence-electron chi connectivity index (χ2n) is 7.58. The van der Waals surface area contributed by atoms with Crippen molar-refractivity contribution in [2.45, 2.75) is 26.4 Å². The summed E-state index contributed by atoms with van der Waals surface area (Å²) in [5, 5.41) is 3.22. The second kappa shape index (κ2) is 9.14. The first-order chi connectivity index (χ1) is 14.6. The number of rotatable bonds is 7. The first-order valence-electron chi connectivity index (χ1n) is 10.1. The van der Waals surface area contributed by atoms with Crippen molar-refractivity contribution in [1.82, 2.24) is 0 Å². The van der Waals surface area contributed by atoms with E-state index in [4.69, 9.17) is 9.47 Å². The normalized spacial score (nSPS) is 12.1. The molecule has 0 fully saturated rings. The highest BCUT2D eigenvalue weighted by molar-refractivity contribution is 7.17. The molecule has 1 heterocycles. The summed E-state index contributed by atoms with van der Waals surface area (Å²) in [6.07, 6.45) is 0. The number of fused-ring (bicyclic) bond motifs is 1. The first kappa shape index (κ1) is 20.2. The molecule has 1 atom stereocenters. The molecule has 0 aliphatic rings. The molecule has 0 saturated heterocycles. The highest BCUT2D eigenvalue weighted by Crippen LogP contribution is 2.36. The van der Waals surface area contributed by atoms with Gasteiger partial charge in [-0.2, -0.15) is 0 Å². The van der Waals surface area contributed by atoms with E-state index >= 15 is 0 Å². The second-order valence-corrected chi connectivity index (χ2v) is 8.49. The molecular formula is C26H24O3S. The van der Waals surface area contributed by atoms with E-state index in [0.717, 1.165) is 28.0 Å². The molecule has 0 aliphatic heterocycles. The lowest BCUT2D eigenvalue weighted by molar-refractivity contribution is -0.147. The zero-order valence-electron chi connectivity index (χ0n) is 17.1. The van der Waals surface area contributed by atoms with E-state index < -0.39 is 0 Å². The fraction of sp³-hybridized carbons (Fsp3) is 0.192. The minimum Gasteiger partial charge on any atom is -0.460 e. The summed E-state index contributed by atoms with van der Waals surface area (Å²) >= 11 is 1.67. The van der Waals surface area contributed by atoms with Gasteiger partial charge in [0.1, 0.15) is 18.1 Å². The first-order valence-corrected chi connectivity index (χ1v) is 10.9. The van der Waals surface area contributed by atoms with Crippen LogP contribution in [0.4, 0.5) is 0 Å². The third-order valence-electron chi connectivity index (χ3n) is 5.03. The summed E-state index contributed by atoms with van der Waals surface area (Å²) in [4.78, 5) is 13.0. The maximum atomic E-state index is 13.0. The molecule has 4 aromatic rings. The van der Waals surface area contributed by atoms with E-state index in [1.54, 1.807) is 11.3 Å². The molecule has 3 nitrogen and oxygen atoms in total. The molecule has 30 heavy (non-hydrogen) atoms. The molecule has 1 aromatic heterocycles. The summed E-state index contributed by atoms with van der Waals surface area (Å²) in [5.41, 5.74) is 1.95.